The van der Waals surface area contributed by atoms with Crippen molar-refractivity contribution in [2.75, 3.05) is 11.4 Å². The number of aryl methyl sites for hydroxylation is 1. The number of benzene rings is 2. The summed E-state index contributed by atoms with van der Waals surface area (Å²) >= 11 is 3.80. The van der Waals surface area contributed by atoms with Crippen molar-refractivity contribution >= 4 is 51.0 Å². The Hall–Kier alpha value is -3.09. The Bertz CT molecular complexity index is 1610. The number of rotatable bonds is 13. The summed E-state index contributed by atoms with van der Waals surface area (Å²) in [5.74, 6) is -0.0349. The van der Waals surface area contributed by atoms with E-state index in [1.54, 1.807) is 0 Å². The first-order valence-electron chi connectivity index (χ1n) is 16.6. The third-order valence-corrected chi connectivity index (χ3v) is 11.4. The predicted octanol–water partition coefficient (Wildman–Crippen LogP) is 10.3. The van der Waals surface area contributed by atoms with Gasteiger partial charge in [-0.15, -0.1) is 0 Å². The Morgan fingerprint density at radius 2 is 1.77 bits per heavy atom. The summed E-state index contributed by atoms with van der Waals surface area (Å²) in [4.78, 5) is 14.9. The topological polar surface area (TPSA) is 44.4 Å². The summed E-state index contributed by atoms with van der Waals surface area (Å²) in [6, 6.07) is 17.6. The third-order valence-electron chi connectivity index (χ3n) is 9.14. The van der Waals surface area contributed by atoms with Crippen LogP contribution in [0.1, 0.15) is 89.0 Å². The quantitative estimate of drug-likeness (QED) is 0.152. The van der Waals surface area contributed by atoms with E-state index < -0.39 is 5.97 Å². The molecule has 0 spiro atoms. The summed E-state index contributed by atoms with van der Waals surface area (Å²) in [7, 11) is 0. The van der Waals surface area contributed by atoms with Gasteiger partial charge in [-0.25, -0.2) is 0 Å². The van der Waals surface area contributed by atoms with Crippen molar-refractivity contribution in [2.24, 2.45) is 5.92 Å². The molecular formula is C38H45N2O2S2+. The van der Waals surface area contributed by atoms with E-state index in [9.17, 15) is 4.79 Å². The minimum atomic E-state index is -0.698. The van der Waals surface area contributed by atoms with Crippen LogP contribution < -0.4 is 9.47 Å². The van der Waals surface area contributed by atoms with E-state index in [0.29, 0.717) is 5.92 Å². The number of para-hydroxylation sites is 2. The molecule has 0 fully saturated rings. The lowest BCUT2D eigenvalue weighted by Crippen LogP contribution is -2.35. The molecule has 3 aliphatic rings. The molecule has 1 aromatic heterocycles. The molecule has 2 aliphatic carbocycles. The van der Waals surface area contributed by atoms with Crippen molar-refractivity contribution in [3.05, 3.63) is 93.5 Å². The maximum absolute atomic E-state index is 10.9. The van der Waals surface area contributed by atoms with Crippen molar-refractivity contribution in [1.29, 1.82) is 0 Å². The predicted molar refractivity (Wildman–Crippen MR) is 186 cm³/mol. The lowest BCUT2D eigenvalue weighted by Gasteiger charge is -2.28. The molecule has 0 amide bonds. The fourth-order valence-electron chi connectivity index (χ4n) is 6.76. The number of carbonyl (C=O) groups is 1. The molecule has 44 heavy (non-hydrogen) atoms. The first-order chi connectivity index (χ1) is 21.6. The lowest BCUT2D eigenvalue weighted by molar-refractivity contribution is -0.669. The van der Waals surface area contributed by atoms with Crippen LogP contribution in [0.15, 0.2) is 93.4 Å². The van der Waals surface area contributed by atoms with Crippen molar-refractivity contribution in [2.45, 2.75) is 95.4 Å². The summed E-state index contributed by atoms with van der Waals surface area (Å²) in [6.45, 7) is 4.30. The van der Waals surface area contributed by atoms with Crippen LogP contribution in [0.4, 0.5) is 5.69 Å². The number of aromatic nitrogens is 1. The van der Waals surface area contributed by atoms with Crippen LogP contribution in [0.5, 0.6) is 0 Å². The Kier molecular flexibility index (Phi) is 10.4. The van der Waals surface area contributed by atoms with Gasteiger partial charge in [0.2, 0.25) is 5.52 Å². The number of unbranched alkanes of at least 4 members (excludes halogenated alkanes) is 5. The number of nitrogens with zero attached hydrogens (tertiary/aromatic N) is 2. The summed E-state index contributed by atoms with van der Waals surface area (Å²) in [6.07, 6.45) is 22.7. The Morgan fingerprint density at radius 1 is 0.955 bits per heavy atom. The van der Waals surface area contributed by atoms with Crippen LogP contribution in [0.3, 0.4) is 0 Å². The molecule has 0 saturated carbocycles. The highest BCUT2D eigenvalue weighted by atomic mass is 32.2. The van der Waals surface area contributed by atoms with Crippen molar-refractivity contribution < 1.29 is 14.5 Å². The van der Waals surface area contributed by atoms with Gasteiger partial charge in [-0.2, -0.15) is 4.57 Å². The summed E-state index contributed by atoms with van der Waals surface area (Å²) in [5.41, 5.74) is 7.03. The average molecular weight is 626 g/mol. The van der Waals surface area contributed by atoms with Crippen LogP contribution in [-0.2, 0) is 11.3 Å². The molecule has 1 aliphatic heterocycles. The smallest absolute Gasteiger partial charge is 0.303 e. The van der Waals surface area contributed by atoms with E-state index in [0.717, 1.165) is 45.2 Å². The highest BCUT2D eigenvalue weighted by Gasteiger charge is 2.27. The Morgan fingerprint density at radius 3 is 2.66 bits per heavy atom. The molecule has 1 N–H and O–H groups in total. The van der Waals surface area contributed by atoms with Gasteiger partial charge in [0.1, 0.15) is 4.70 Å². The normalized spacial score (nSPS) is 19.8. The van der Waals surface area contributed by atoms with Gasteiger partial charge in [0.15, 0.2) is 6.54 Å². The van der Waals surface area contributed by atoms with Gasteiger partial charge in [0.05, 0.1) is 10.7 Å². The molecular weight excluding hydrogens is 581 g/mol. The number of allylic oxidation sites excluding steroid dienone is 6. The number of aliphatic carboxylic acids is 1. The molecule has 1 atom stereocenters. The zero-order valence-corrected chi connectivity index (χ0v) is 27.6. The van der Waals surface area contributed by atoms with Crippen LogP contribution in [-0.4, -0.2) is 17.6 Å². The van der Waals surface area contributed by atoms with E-state index in [2.05, 4.69) is 89.2 Å². The number of carboxylic acid groups (broad SMARTS) is 1. The van der Waals surface area contributed by atoms with E-state index in [1.165, 1.54) is 86.1 Å². The van der Waals surface area contributed by atoms with Gasteiger partial charge in [-0.3, -0.25) is 4.79 Å². The summed E-state index contributed by atoms with van der Waals surface area (Å²) in [5, 5.41) is 11.7. The van der Waals surface area contributed by atoms with Crippen LogP contribution in [0.2, 0.25) is 0 Å². The molecule has 230 valence electrons. The number of hydrogen-bond acceptors (Lipinski definition) is 4. The number of thiazole rings is 1. The van der Waals surface area contributed by atoms with Crippen molar-refractivity contribution in [1.82, 2.24) is 0 Å². The van der Waals surface area contributed by atoms with E-state index >= 15 is 0 Å². The first kappa shape index (κ1) is 30.9. The number of anilines is 1. The maximum atomic E-state index is 10.9. The molecule has 6 heteroatoms. The average Bonchev–Trinajstić information content (AvgIpc) is 3.55. The minimum absolute atomic E-state index is 0.259. The van der Waals surface area contributed by atoms with Crippen molar-refractivity contribution in [3.63, 3.8) is 0 Å². The van der Waals surface area contributed by atoms with E-state index in [-0.39, 0.29) is 6.42 Å². The van der Waals surface area contributed by atoms with Gasteiger partial charge in [-0.05, 0) is 91.9 Å². The van der Waals surface area contributed by atoms with Crippen molar-refractivity contribution in [3.8, 4) is 0 Å². The minimum Gasteiger partial charge on any atom is -0.481 e. The Labute approximate surface area is 270 Å². The first-order valence-corrected chi connectivity index (χ1v) is 18.2. The molecule has 0 saturated heterocycles. The van der Waals surface area contributed by atoms with Crippen LogP contribution in [0, 0.1) is 5.92 Å². The van der Waals surface area contributed by atoms with Gasteiger partial charge >= 0.3 is 5.97 Å². The lowest BCUT2D eigenvalue weighted by atomic mass is 9.77. The molecule has 2 heterocycles. The molecule has 2 aromatic carbocycles. The molecule has 6 rings (SSSR count). The second-order valence-electron chi connectivity index (χ2n) is 12.4. The SMILES string of the molecule is CCCCCCN1C(=CC2=CC3=CC(=Cc4sc5ccccc5[n+]4CCCCCC(=O)O)CCC3CC2)Sc2ccccc21. The second kappa shape index (κ2) is 14.8. The highest BCUT2D eigenvalue weighted by molar-refractivity contribution is 8.03. The molecule has 3 aromatic rings. The molecule has 4 nitrogen and oxygen atoms in total. The van der Waals surface area contributed by atoms with Crippen LogP contribution >= 0.6 is 23.1 Å². The number of fused-ring (bicyclic) bond motifs is 3. The maximum Gasteiger partial charge on any atom is 0.303 e. The van der Waals surface area contributed by atoms with Gasteiger partial charge < -0.3 is 10.0 Å². The van der Waals surface area contributed by atoms with Gasteiger partial charge in [0, 0.05) is 36.4 Å². The fraction of sp³-hybridized carbons (Fsp3) is 0.421. The Balaban J connectivity index is 1.23. The number of carboxylic acids is 1. The standard InChI is InChI=1S/C38H44N2O2S2/c1-2-3-4-11-22-39-32-13-7-9-15-34(32)43-36(39)26-28-18-20-30-21-19-29(25-31(30)24-28)27-37-40(23-12-5-6-17-38(41)42)33-14-8-10-16-35(33)44-37/h7-10,13-16,24-27,30H,2-6,11-12,17-23H2,1H3/p+1. The van der Waals surface area contributed by atoms with Gasteiger partial charge in [0.25, 0.3) is 5.01 Å². The second-order valence-corrected chi connectivity index (χ2v) is 14.5. The molecule has 1 unspecified atom stereocenters. The summed E-state index contributed by atoms with van der Waals surface area (Å²) < 4.78 is 3.77. The molecule has 0 bridgehead atoms. The largest absolute Gasteiger partial charge is 0.481 e. The number of hydrogen-bond donors (Lipinski definition) is 1. The van der Waals surface area contributed by atoms with E-state index in [4.69, 9.17) is 5.11 Å². The fourth-order valence-corrected chi connectivity index (χ4v) is 9.09. The third kappa shape index (κ3) is 7.40. The van der Waals surface area contributed by atoms with Gasteiger partial charge in [-0.1, -0.05) is 85.7 Å². The molecule has 0 radical (unpaired) electrons. The highest BCUT2D eigenvalue weighted by Crippen LogP contribution is 2.47. The zero-order valence-electron chi connectivity index (χ0n) is 26.0. The van der Waals surface area contributed by atoms with E-state index in [1.807, 2.05) is 23.1 Å². The zero-order chi connectivity index (χ0) is 30.3. The monoisotopic (exact) mass is 625 g/mol. The number of thioether (sulfide) groups is 1. The van der Waals surface area contributed by atoms with Crippen LogP contribution in [0.25, 0.3) is 16.3 Å².